The second kappa shape index (κ2) is 10.3. The first-order chi connectivity index (χ1) is 14.0. The van der Waals surface area contributed by atoms with Crippen molar-refractivity contribution in [1.82, 2.24) is 10.3 Å². The topological polar surface area (TPSA) is 51.2 Å². The van der Waals surface area contributed by atoms with Crippen LogP contribution in [-0.2, 0) is 23.5 Å². The molecule has 0 radical (unpaired) electrons. The van der Waals surface area contributed by atoms with Gasteiger partial charge in [-0.25, -0.2) is 4.79 Å². The number of ether oxygens (including phenoxy) is 1. The SMILES string of the molecule is CSCc1c(C)nc(CC(C)C)c(CNC(=O)OC(C)(C)C)c1-c1ccc(C)cc1. The van der Waals surface area contributed by atoms with Gasteiger partial charge < -0.3 is 10.1 Å². The minimum Gasteiger partial charge on any atom is -0.444 e. The van der Waals surface area contributed by atoms with Gasteiger partial charge in [0, 0.05) is 29.2 Å². The zero-order chi connectivity index (χ0) is 22.5. The molecule has 0 aliphatic rings. The molecular formula is C25H36N2O2S. The Morgan fingerprint density at radius 3 is 2.30 bits per heavy atom. The molecule has 0 unspecified atom stereocenters. The van der Waals surface area contributed by atoms with Crippen molar-refractivity contribution in [3.05, 3.63) is 52.3 Å². The summed E-state index contributed by atoms with van der Waals surface area (Å²) >= 11 is 1.79. The van der Waals surface area contributed by atoms with E-state index in [0.29, 0.717) is 12.5 Å². The normalized spacial score (nSPS) is 11.6. The molecular weight excluding hydrogens is 392 g/mol. The van der Waals surface area contributed by atoms with E-state index >= 15 is 0 Å². The highest BCUT2D eigenvalue weighted by molar-refractivity contribution is 7.97. The molecule has 2 rings (SSSR count). The van der Waals surface area contributed by atoms with E-state index in [9.17, 15) is 4.79 Å². The summed E-state index contributed by atoms with van der Waals surface area (Å²) in [6.45, 7) is 14.6. The monoisotopic (exact) mass is 428 g/mol. The highest BCUT2D eigenvalue weighted by Crippen LogP contribution is 2.34. The quantitative estimate of drug-likeness (QED) is 0.550. The van der Waals surface area contributed by atoms with Crippen LogP contribution in [0.3, 0.4) is 0 Å². The van der Waals surface area contributed by atoms with Gasteiger partial charge in [0.2, 0.25) is 0 Å². The van der Waals surface area contributed by atoms with Gasteiger partial charge in [-0.05, 0) is 69.9 Å². The molecule has 1 aromatic carbocycles. The summed E-state index contributed by atoms with van der Waals surface area (Å²) in [5, 5.41) is 2.97. The Kier molecular flexibility index (Phi) is 8.36. The highest BCUT2D eigenvalue weighted by Gasteiger charge is 2.22. The zero-order valence-electron chi connectivity index (χ0n) is 19.7. The van der Waals surface area contributed by atoms with Gasteiger partial charge in [-0.1, -0.05) is 43.7 Å². The molecule has 0 saturated carbocycles. The van der Waals surface area contributed by atoms with Gasteiger partial charge in [0.25, 0.3) is 0 Å². The Bertz CT molecular complexity index is 868. The van der Waals surface area contributed by atoms with Crippen LogP contribution in [0.1, 0.15) is 62.7 Å². The number of thioether (sulfide) groups is 1. The molecule has 1 heterocycles. The van der Waals surface area contributed by atoms with Crippen molar-refractivity contribution in [3.63, 3.8) is 0 Å². The molecule has 164 valence electrons. The molecule has 2 aromatic rings. The molecule has 1 N–H and O–H groups in total. The van der Waals surface area contributed by atoms with Crippen molar-refractivity contribution in [2.75, 3.05) is 6.26 Å². The van der Waals surface area contributed by atoms with Gasteiger partial charge in [-0.2, -0.15) is 11.8 Å². The lowest BCUT2D eigenvalue weighted by Crippen LogP contribution is -2.32. The van der Waals surface area contributed by atoms with Gasteiger partial charge in [-0.15, -0.1) is 0 Å². The lowest BCUT2D eigenvalue weighted by molar-refractivity contribution is 0.0523. The molecule has 0 aliphatic heterocycles. The molecule has 1 amide bonds. The van der Waals surface area contributed by atoms with E-state index in [1.807, 2.05) is 20.8 Å². The maximum atomic E-state index is 12.4. The van der Waals surface area contributed by atoms with Crippen LogP contribution in [0.4, 0.5) is 4.79 Å². The third kappa shape index (κ3) is 6.76. The molecule has 30 heavy (non-hydrogen) atoms. The molecule has 0 bridgehead atoms. The summed E-state index contributed by atoms with van der Waals surface area (Å²) in [5.41, 5.74) is 7.51. The maximum Gasteiger partial charge on any atom is 0.407 e. The fourth-order valence-electron chi connectivity index (χ4n) is 3.46. The van der Waals surface area contributed by atoms with E-state index in [-0.39, 0.29) is 0 Å². The Hall–Kier alpha value is -2.01. The Morgan fingerprint density at radius 1 is 1.13 bits per heavy atom. The second-order valence-corrected chi connectivity index (χ2v) is 10.1. The highest BCUT2D eigenvalue weighted by atomic mass is 32.2. The number of pyridine rings is 1. The van der Waals surface area contributed by atoms with E-state index in [0.717, 1.165) is 29.1 Å². The number of carbonyl (C=O) groups excluding carboxylic acids is 1. The number of alkyl carbamates (subject to hydrolysis) is 1. The van der Waals surface area contributed by atoms with Crippen molar-refractivity contribution in [2.24, 2.45) is 5.92 Å². The average Bonchev–Trinajstić information content (AvgIpc) is 2.61. The number of nitrogens with one attached hydrogen (secondary N) is 1. The van der Waals surface area contributed by atoms with Gasteiger partial charge in [-0.3, -0.25) is 4.98 Å². The van der Waals surface area contributed by atoms with E-state index in [4.69, 9.17) is 9.72 Å². The molecule has 5 heteroatoms. The fourth-order valence-corrected chi connectivity index (χ4v) is 4.10. The summed E-state index contributed by atoms with van der Waals surface area (Å²) in [6.07, 6.45) is 2.57. The van der Waals surface area contributed by atoms with Gasteiger partial charge in [0.05, 0.1) is 0 Å². The number of amides is 1. The molecule has 0 saturated heterocycles. The number of benzene rings is 1. The predicted molar refractivity (Wildman–Crippen MR) is 128 cm³/mol. The fraction of sp³-hybridized carbons (Fsp3) is 0.520. The van der Waals surface area contributed by atoms with Gasteiger partial charge in [0.1, 0.15) is 5.60 Å². The smallest absolute Gasteiger partial charge is 0.407 e. The number of hydrogen-bond donors (Lipinski definition) is 1. The Balaban J connectivity index is 2.59. The van der Waals surface area contributed by atoms with Crippen molar-refractivity contribution in [3.8, 4) is 11.1 Å². The number of nitrogens with zero attached hydrogens (tertiary/aromatic N) is 1. The van der Waals surface area contributed by atoms with Crippen LogP contribution in [-0.4, -0.2) is 22.9 Å². The molecule has 0 fully saturated rings. The zero-order valence-corrected chi connectivity index (χ0v) is 20.5. The van der Waals surface area contributed by atoms with Crippen molar-refractivity contribution in [1.29, 1.82) is 0 Å². The van der Waals surface area contributed by atoms with Crippen molar-refractivity contribution >= 4 is 17.9 Å². The number of aromatic nitrogens is 1. The summed E-state index contributed by atoms with van der Waals surface area (Å²) < 4.78 is 5.47. The number of hydrogen-bond acceptors (Lipinski definition) is 4. The van der Waals surface area contributed by atoms with Crippen LogP contribution >= 0.6 is 11.8 Å². The molecule has 1 aromatic heterocycles. The van der Waals surface area contributed by atoms with Gasteiger partial charge in [0.15, 0.2) is 0 Å². The van der Waals surface area contributed by atoms with E-state index in [1.165, 1.54) is 22.3 Å². The summed E-state index contributed by atoms with van der Waals surface area (Å²) in [5.74, 6) is 1.35. The number of aryl methyl sites for hydroxylation is 2. The lowest BCUT2D eigenvalue weighted by Gasteiger charge is -2.23. The van der Waals surface area contributed by atoms with Crippen LogP contribution in [0.5, 0.6) is 0 Å². The molecule has 0 atom stereocenters. The summed E-state index contributed by atoms with van der Waals surface area (Å²) in [6, 6.07) is 8.62. The standard InChI is InChI=1S/C25H36N2O2S/c1-16(2)13-22-20(14-26-24(28)29-25(5,6)7)23(19-11-9-17(3)10-12-19)21(15-30-8)18(4)27-22/h9-12,16H,13-15H2,1-8H3,(H,26,28). The number of carbonyl (C=O) groups is 1. The van der Waals surface area contributed by atoms with E-state index in [2.05, 4.69) is 63.5 Å². The first-order valence-electron chi connectivity index (χ1n) is 10.6. The predicted octanol–water partition coefficient (Wildman–Crippen LogP) is 6.45. The molecule has 4 nitrogen and oxygen atoms in total. The van der Waals surface area contributed by atoms with Crippen LogP contribution in [0.15, 0.2) is 24.3 Å². The summed E-state index contributed by atoms with van der Waals surface area (Å²) in [4.78, 5) is 17.4. The van der Waals surface area contributed by atoms with Gasteiger partial charge >= 0.3 is 6.09 Å². The van der Waals surface area contributed by atoms with E-state index in [1.54, 1.807) is 11.8 Å². The van der Waals surface area contributed by atoms with Crippen molar-refractivity contribution < 1.29 is 9.53 Å². The third-order valence-electron chi connectivity index (χ3n) is 4.73. The van der Waals surface area contributed by atoms with Crippen LogP contribution < -0.4 is 5.32 Å². The summed E-state index contributed by atoms with van der Waals surface area (Å²) in [7, 11) is 0. The first kappa shape index (κ1) is 24.3. The molecule has 0 aliphatic carbocycles. The largest absolute Gasteiger partial charge is 0.444 e. The minimum absolute atomic E-state index is 0.398. The molecule has 0 spiro atoms. The average molecular weight is 429 g/mol. The lowest BCUT2D eigenvalue weighted by atomic mass is 9.90. The van der Waals surface area contributed by atoms with Crippen LogP contribution in [0, 0.1) is 19.8 Å². The second-order valence-electron chi connectivity index (χ2n) is 9.23. The van der Waals surface area contributed by atoms with E-state index < -0.39 is 11.7 Å². The Morgan fingerprint density at radius 2 is 1.77 bits per heavy atom. The van der Waals surface area contributed by atoms with Crippen LogP contribution in [0.25, 0.3) is 11.1 Å². The minimum atomic E-state index is -0.528. The first-order valence-corrected chi connectivity index (χ1v) is 11.9. The van der Waals surface area contributed by atoms with Crippen LogP contribution in [0.2, 0.25) is 0 Å². The third-order valence-corrected chi connectivity index (χ3v) is 5.31. The number of rotatable bonds is 7. The Labute approximate surface area is 186 Å². The van der Waals surface area contributed by atoms with Crippen molar-refractivity contribution in [2.45, 2.75) is 72.8 Å². The maximum absolute atomic E-state index is 12.4.